The number of cyclic esters (lactones) is 1. The lowest BCUT2D eigenvalue weighted by Crippen LogP contribution is -2.57. The summed E-state index contributed by atoms with van der Waals surface area (Å²) in [6.07, 6.45) is 13.0. The van der Waals surface area contributed by atoms with Gasteiger partial charge >= 0.3 is 5.97 Å². The third-order valence-electron chi connectivity index (χ3n) is 7.17. The van der Waals surface area contributed by atoms with Crippen LogP contribution in [-0.2, 0) is 30.3 Å². The molecule has 2 bridgehead atoms. The standard InChI is InChI=1S/C31H43N3O5/c1-23(2)28-29(36)32-26(21-24-15-10-9-11-16-24)30(37)34-19-14-17-25(22-34)31(38)39-20-13-8-6-4-3-5-7-12-18-27(35)33-28/h3-4,6,8-11,15-16,23,25-26,28H,5,7,12-14,17-22H2,1-2H3,(H,32,36)(H,33,35)/b4-3-,8-6+/t25-,26+,28+/m1/s1. The largest absolute Gasteiger partial charge is 0.465 e. The molecule has 0 unspecified atom stereocenters. The molecule has 2 N–H and O–H groups in total. The molecule has 0 aliphatic carbocycles. The van der Waals surface area contributed by atoms with Gasteiger partial charge in [-0.3, -0.25) is 19.2 Å². The van der Waals surface area contributed by atoms with E-state index in [-0.39, 0.29) is 42.1 Å². The number of esters is 1. The van der Waals surface area contributed by atoms with Crippen LogP contribution in [0.3, 0.4) is 0 Å². The number of benzene rings is 1. The average Bonchev–Trinajstić information content (AvgIpc) is 2.93. The first-order valence-electron chi connectivity index (χ1n) is 14.3. The van der Waals surface area contributed by atoms with Crippen molar-refractivity contribution < 1.29 is 23.9 Å². The topological polar surface area (TPSA) is 105 Å². The number of nitrogens with one attached hydrogen (secondary N) is 2. The predicted molar refractivity (Wildman–Crippen MR) is 150 cm³/mol. The zero-order valence-corrected chi connectivity index (χ0v) is 23.3. The Morgan fingerprint density at radius 3 is 2.44 bits per heavy atom. The molecule has 3 amide bonds. The summed E-state index contributed by atoms with van der Waals surface area (Å²) >= 11 is 0. The van der Waals surface area contributed by atoms with E-state index < -0.39 is 12.1 Å². The van der Waals surface area contributed by atoms with Crippen LogP contribution in [0.5, 0.6) is 0 Å². The lowest BCUT2D eigenvalue weighted by molar-refractivity contribution is -0.152. The summed E-state index contributed by atoms with van der Waals surface area (Å²) in [6.45, 7) is 4.83. The molecule has 2 heterocycles. The molecule has 8 heteroatoms. The molecule has 1 saturated heterocycles. The number of ether oxygens (including phenoxy) is 1. The molecule has 0 aromatic heterocycles. The van der Waals surface area contributed by atoms with E-state index in [2.05, 4.69) is 16.7 Å². The monoisotopic (exact) mass is 537 g/mol. The van der Waals surface area contributed by atoms with Crippen LogP contribution in [0.25, 0.3) is 0 Å². The smallest absolute Gasteiger partial charge is 0.310 e. The van der Waals surface area contributed by atoms with Crippen LogP contribution < -0.4 is 10.6 Å². The molecule has 2 aliphatic rings. The number of carbonyl (C=O) groups is 4. The lowest BCUT2D eigenvalue weighted by Gasteiger charge is -2.35. The number of piperidine rings is 1. The Morgan fingerprint density at radius 1 is 0.949 bits per heavy atom. The second kappa shape index (κ2) is 15.9. The van der Waals surface area contributed by atoms with Crippen molar-refractivity contribution >= 4 is 23.7 Å². The molecule has 212 valence electrons. The van der Waals surface area contributed by atoms with Gasteiger partial charge in [-0.25, -0.2) is 0 Å². The molecule has 8 nitrogen and oxygen atoms in total. The van der Waals surface area contributed by atoms with Crippen LogP contribution in [0, 0.1) is 11.8 Å². The van der Waals surface area contributed by atoms with Crippen molar-refractivity contribution in [2.24, 2.45) is 11.8 Å². The van der Waals surface area contributed by atoms with Crippen molar-refractivity contribution in [3.8, 4) is 0 Å². The van der Waals surface area contributed by atoms with E-state index >= 15 is 0 Å². The van der Waals surface area contributed by atoms with Gasteiger partial charge in [0, 0.05) is 25.9 Å². The molecule has 1 fully saturated rings. The minimum Gasteiger partial charge on any atom is -0.465 e. The molecular weight excluding hydrogens is 494 g/mol. The van der Waals surface area contributed by atoms with Crippen LogP contribution in [0.1, 0.15) is 64.4 Å². The summed E-state index contributed by atoms with van der Waals surface area (Å²) < 4.78 is 5.50. The van der Waals surface area contributed by atoms with Crippen LogP contribution in [0.2, 0.25) is 0 Å². The number of carbonyl (C=O) groups excluding carboxylic acids is 4. The van der Waals surface area contributed by atoms with E-state index in [0.29, 0.717) is 51.7 Å². The number of allylic oxidation sites excluding steroid dienone is 3. The summed E-state index contributed by atoms with van der Waals surface area (Å²) in [7, 11) is 0. The Balaban J connectivity index is 1.81. The van der Waals surface area contributed by atoms with E-state index in [1.165, 1.54) is 0 Å². The summed E-state index contributed by atoms with van der Waals surface area (Å²) in [5.74, 6) is -1.60. The van der Waals surface area contributed by atoms with Crippen LogP contribution in [0.15, 0.2) is 54.6 Å². The van der Waals surface area contributed by atoms with Gasteiger partial charge in [0.15, 0.2) is 0 Å². The van der Waals surface area contributed by atoms with Crippen LogP contribution in [-0.4, -0.2) is 60.4 Å². The average molecular weight is 538 g/mol. The Labute approximate surface area is 232 Å². The van der Waals surface area contributed by atoms with Gasteiger partial charge in [0.1, 0.15) is 12.1 Å². The molecular formula is C31H43N3O5. The summed E-state index contributed by atoms with van der Waals surface area (Å²) in [5, 5.41) is 5.83. The molecule has 1 aromatic carbocycles. The minimum atomic E-state index is -0.817. The van der Waals surface area contributed by atoms with Crippen molar-refractivity contribution in [3.63, 3.8) is 0 Å². The maximum absolute atomic E-state index is 13.8. The third-order valence-corrected chi connectivity index (χ3v) is 7.17. The van der Waals surface area contributed by atoms with E-state index in [9.17, 15) is 19.2 Å². The van der Waals surface area contributed by atoms with Gasteiger partial charge in [-0.2, -0.15) is 0 Å². The van der Waals surface area contributed by atoms with Gasteiger partial charge in [-0.15, -0.1) is 0 Å². The summed E-state index contributed by atoms with van der Waals surface area (Å²) in [6, 6.07) is 7.96. The van der Waals surface area contributed by atoms with E-state index in [1.54, 1.807) is 4.90 Å². The summed E-state index contributed by atoms with van der Waals surface area (Å²) in [4.78, 5) is 54.3. The van der Waals surface area contributed by atoms with Gasteiger partial charge < -0.3 is 20.3 Å². The Hall–Kier alpha value is -3.42. The quantitative estimate of drug-likeness (QED) is 0.572. The fraction of sp³-hybridized carbons (Fsp3) is 0.548. The number of hydrogen-bond acceptors (Lipinski definition) is 5. The molecule has 1 aromatic rings. The highest BCUT2D eigenvalue weighted by molar-refractivity contribution is 5.92. The van der Waals surface area contributed by atoms with Crippen LogP contribution in [0.4, 0.5) is 0 Å². The second-order valence-corrected chi connectivity index (χ2v) is 10.7. The highest BCUT2D eigenvalue weighted by Gasteiger charge is 2.35. The Bertz CT molecular complexity index is 1020. The first kappa shape index (κ1) is 30.1. The number of fused-ring (bicyclic) bond motifs is 2. The fourth-order valence-corrected chi connectivity index (χ4v) is 4.92. The Morgan fingerprint density at radius 2 is 1.69 bits per heavy atom. The number of amides is 3. The van der Waals surface area contributed by atoms with Gasteiger partial charge in [-0.05, 0) is 50.0 Å². The highest BCUT2D eigenvalue weighted by Crippen LogP contribution is 2.20. The minimum absolute atomic E-state index is 0.157. The molecule has 3 rings (SSSR count). The molecule has 0 spiro atoms. The van der Waals surface area contributed by atoms with E-state index in [4.69, 9.17) is 4.74 Å². The molecule has 0 radical (unpaired) electrons. The van der Waals surface area contributed by atoms with E-state index in [0.717, 1.165) is 18.4 Å². The Kier molecular flexibility index (Phi) is 12.3. The SMILES string of the molecule is CC(C)[C@@H]1NC(=O)CCCC/C=C\C=C\CCOC(=O)[C@@H]2CCCN(C2)C(=O)[C@H](Cc2ccccc2)NC1=O. The van der Waals surface area contributed by atoms with Crippen molar-refractivity contribution in [2.45, 2.75) is 77.3 Å². The first-order chi connectivity index (χ1) is 18.8. The van der Waals surface area contributed by atoms with Gasteiger partial charge in [0.05, 0.1) is 12.5 Å². The molecule has 2 aliphatic heterocycles. The molecule has 3 atom stereocenters. The van der Waals surface area contributed by atoms with Crippen molar-refractivity contribution in [2.75, 3.05) is 19.7 Å². The summed E-state index contributed by atoms with van der Waals surface area (Å²) in [5.41, 5.74) is 0.915. The zero-order valence-electron chi connectivity index (χ0n) is 23.3. The number of rotatable bonds is 3. The van der Waals surface area contributed by atoms with Crippen molar-refractivity contribution in [3.05, 3.63) is 60.2 Å². The van der Waals surface area contributed by atoms with E-state index in [1.807, 2.05) is 62.4 Å². The van der Waals surface area contributed by atoms with Gasteiger partial charge in [-0.1, -0.05) is 68.5 Å². The second-order valence-electron chi connectivity index (χ2n) is 10.7. The maximum atomic E-state index is 13.8. The fourth-order valence-electron chi connectivity index (χ4n) is 4.92. The van der Waals surface area contributed by atoms with Crippen LogP contribution >= 0.6 is 0 Å². The van der Waals surface area contributed by atoms with Gasteiger partial charge in [0.25, 0.3) is 0 Å². The maximum Gasteiger partial charge on any atom is 0.310 e. The van der Waals surface area contributed by atoms with Gasteiger partial charge in [0.2, 0.25) is 17.7 Å². The zero-order chi connectivity index (χ0) is 28.0. The molecule has 0 saturated carbocycles. The lowest BCUT2D eigenvalue weighted by atomic mass is 9.96. The normalized spacial score (nSPS) is 26.4. The van der Waals surface area contributed by atoms with Crippen molar-refractivity contribution in [1.82, 2.24) is 15.5 Å². The third kappa shape index (κ3) is 10.0. The number of hydrogen-bond donors (Lipinski definition) is 2. The first-order valence-corrected chi connectivity index (χ1v) is 14.3. The molecule has 39 heavy (non-hydrogen) atoms. The number of nitrogens with zero attached hydrogens (tertiary/aromatic N) is 1. The van der Waals surface area contributed by atoms with Crippen molar-refractivity contribution in [1.29, 1.82) is 0 Å². The highest BCUT2D eigenvalue weighted by atomic mass is 16.5. The predicted octanol–water partition coefficient (Wildman–Crippen LogP) is 3.71.